The van der Waals surface area contributed by atoms with Gasteiger partial charge in [-0.15, -0.1) is 0 Å². The summed E-state index contributed by atoms with van der Waals surface area (Å²) in [6, 6.07) is 8.42. The van der Waals surface area contributed by atoms with Gasteiger partial charge in [-0.2, -0.15) is 0 Å². The van der Waals surface area contributed by atoms with Crippen LogP contribution in [0.4, 0.5) is 8.78 Å². The lowest BCUT2D eigenvalue weighted by atomic mass is 10.0. The zero-order chi connectivity index (χ0) is 18.0. The van der Waals surface area contributed by atoms with E-state index in [1.54, 1.807) is 6.20 Å². The largest absolute Gasteiger partial charge is 0.505 e. The third kappa shape index (κ3) is 3.32. The number of rotatable bonds is 5. The van der Waals surface area contributed by atoms with Crippen LogP contribution in [0.2, 0.25) is 0 Å². The fraction of sp³-hybridized carbons (Fsp3) is 0.167. The monoisotopic (exact) mass is 346 g/mol. The van der Waals surface area contributed by atoms with Gasteiger partial charge >= 0.3 is 0 Å². The second-order valence-corrected chi connectivity index (χ2v) is 5.67. The molecule has 1 aromatic heterocycles. The molecule has 0 aliphatic carbocycles. The Morgan fingerprint density at radius 3 is 2.72 bits per heavy atom. The normalized spacial score (nSPS) is 12.3. The molecular formula is C18H16F2N2O3. The molecular weight excluding hydrogens is 330 g/mol. The lowest BCUT2D eigenvalue weighted by Gasteiger charge is -2.17. The molecule has 0 bridgehead atoms. The van der Waals surface area contributed by atoms with E-state index in [9.17, 15) is 23.8 Å². The summed E-state index contributed by atoms with van der Waals surface area (Å²) in [5, 5.41) is 22.2. The Morgan fingerprint density at radius 2 is 1.96 bits per heavy atom. The highest BCUT2D eigenvalue weighted by atomic mass is 19.1. The smallest absolute Gasteiger partial charge is 0.257 e. The van der Waals surface area contributed by atoms with Crippen molar-refractivity contribution in [3.05, 3.63) is 65.4 Å². The van der Waals surface area contributed by atoms with Crippen LogP contribution in [-0.4, -0.2) is 33.8 Å². The average Bonchev–Trinajstić information content (AvgIpc) is 3.01. The first-order valence-corrected chi connectivity index (χ1v) is 7.65. The van der Waals surface area contributed by atoms with Crippen molar-refractivity contribution in [2.24, 2.45) is 0 Å². The van der Waals surface area contributed by atoms with E-state index >= 15 is 0 Å². The first-order chi connectivity index (χ1) is 12.0. The number of amides is 1. The number of hydrogen-bond donors (Lipinski definition) is 4. The molecule has 0 saturated carbocycles. The number of phenolic OH excluding ortho intramolecular Hbond substituents is 1. The molecule has 0 aliphatic heterocycles. The fourth-order valence-electron chi connectivity index (χ4n) is 2.73. The summed E-state index contributed by atoms with van der Waals surface area (Å²) in [6.45, 7) is -0.409. The van der Waals surface area contributed by atoms with E-state index in [0.717, 1.165) is 28.6 Å². The van der Waals surface area contributed by atoms with Crippen LogP contribution in [0.25, 0.3) is 10.9 Å². The molecule has 5 nitrogen and oxygen atoms in total. The maximum absolute atomic E-state index is 13.8. The van der Waals surface area contributed by atoms with Crippen LogP contribution >= 0.6 is 0 Å². The zero-order valence-corrected chi connectivity index (χ0v) is 13.1. The first kappa shape index (κ1) is 16.9. The predicted octanol–water partition coefficient (Wildman–Crippen LogP) is 2.49. The van der Waals surface area contributed by atoms with Crippen LogP contribution < -0.4 is 5.32 Å². The number of aromatic amines is 1. The molecule has 0 fully saturated rings. The number of fused-ring (bicyclic) bond motifs is 1. The van der Waals surface area contributed by atoms with Crippen molar-refractivity contribution >= 4 is 16.8 Å². The second kappa shape index (κ2) is 6.90. The highest BCUT2D eigenvalue weighted by Crippen LogP contribution is 2.22. The van der Waals surface area contributed by atoms with Crippen molar-refractivity contribution in [2.45, 2.75) is 12.5 Å². The minimum Gasteiger partial charge on any atom is -0.505 e. The van der Waals surface area contributed by atoms with Crippen LogP contribution in [0.5, 0.6) is 5.75 Å². The number of aromatic nitrogens is 1. The lowest BCUT2D eigenvalue weighted by Crippen LogP contribution is -2.39. The van der Waals surface area contributed by atoms with Crippen molar-refractivity contribution in [1.29, 1.82) is 0 Å². The second-order valence-electron chi connectivity index (χ2n) is 5.67. The van der Waals surface area contributed by atoms with Gasteiger partial charge in [0.05, 0.1) is 12.6 Å². The standard InChI is InChI=1S/C18H16F2N2O3/c19-13-5-6-15(24)17(20)16(13)18(25)22-11(9-23)7-10-8-21-14-4-2-1-3-12(10)14/h1-6,8,11,21,23-24H,7,9H2,(H,22,25). The maximum atomic E-state index is 13.8. The van der Waals surface area contributed by atoms with Crippen molar-refractivity contribution < 1.29 is 23.8 Å². The number of aliphatic hydroxyl groups excluding tert-OH is 1. The SMILES string of the molecule is O=C(NC(CO)Cc1c[nH]c2ccccc12)c1c(F)ccc(O)c1F. The van der Waals surface area contributed by atoms with Gasteiger partial charge in [-0.1, -0.05) is 18.2 Å². The molecule has 3 aromatic rings. The number of phenols is 1. The Labute approximate surface area is 141 Å². The third-order valence-corrected chi connectivity index (χ3v) is 3.99. The van der Waals surface area contributed by atoms with Crippen LogP contribution in [0.15, 0.2) is 42.6 Å². The van der Waals surface area contributed by atoms with Crippen molar-refractivity contribution in [3.63, 3.8) is 0 Å². The molecule has 1 heterocycles. The molecule has 4 N–H and O–H groups in total. The summed E-state index contributed by atoms with van der Waals surface area (Å²) in [5.74, 6) is -4.27. The number of hydrogen-bond acceptors (Lipinski definition) is 3. The van der Waals surface area contributed by atoms with Crippen LogP contribution in [0.3, 0.4) is 0 Å². The van der Waals surface area contributed by atoms with E-state index in [1.807, 2.05) is 24.3 Å². The van der Waals surface area contributed by atoms with Crippen molar-refractivity contribution in [3.8, 4) is 5.75 Å². The lowest BCUT2D eigenvalue weighted by molar-refractivity contribution is 0.0907. The fourth-order valence-corrected chi connectivity index (χ4v) is 2.73. The average molecular weight is 346 g/mol. The number of carbonyl (C=O) groups excluding carboxylic acids is 1. The molecule has 130 valence electrons. The Morgan fingerprint density at radius 1 is 1.20 bits per heavy atom. The Bertz CT molecular complexity index is 924. The van der Waals surface area contributed by atoms with Gasteiger partial charge in [0.2, 0.25) is 0 Å². The zero-order valence-electron chi connectivity index (χ0n) is 13.1. The molecule has 1 unspecified atom stereocenters. The van der Waals surface area contributed by atoms with E-state index in [0.29, 0.717) is 0 Å². The summed E-state index contributed by atoms with van der Waals surface area (Å²) in [4.78, 5) is 15.3. The maximum Gasteiger partial charge on any atom is 0.257 e. The Hall–Kier alpha value is -2.93. The summed E-state index contributed by atoms with van der Waals surface area (Å²) in [5.41, 5.74) is 0.884. The van der Waals surface area contributed by atoms with Crippen LogP contribution in [-0.2, 0) is 6.42 Å². The number of carbonyl (C=O) groups is 1. The number of benzene rings is 2. The number of nitrogens with one attached hydrogen (secondary N) is 2. The number of aliphatic hydroxyl groups is 1. The summed E-state index contributed by atoms with van der Waals surface area (Å²) < 4.78 is 27.6. The summed E-state index contributed by atoms with van der Waals surface area (Å²) in [7, 11) is 0. The predicted molar refractivity (Wildman–Crippen MR) is 88.4 cm³/mol. The highest BCUT2D eigenvalue weighted by molar-refractivity contribution is 5.95. The van der Waals surface area contributed by atoms with Gasteiger partial charge in [0.15, 0.2) is 11.6 Å². The summed E-state index contributed by atoms with van der Waals surface area (Å²) >= 11 is 0. The number of halogens is 2. The van der Waals surface area contributed by atoms with Crippen molar-refractivity contribution in [2.75, 3.05) is 6.61 Å². The highest BCUT2D eigenvalue weighted by Gasteiger charge is 2.23. The molecule has 0 saturated heterocycles. The van der Waals surface area contributed by atoms with Gasteiger partial charge in [-0.3, -0.25) is 4.79 Å². The van der Waals surface area contributed by atoms with Gasteiger partial charge in [0.1, 0.15) is 11.4 Å². The van der Waals surface area contributed by atoms with E-state index < -0.39 is 41.5 Å². The molecule has 0 aliphatic rings. The van der Waals surface area contributed by atoms with E-state index in [2.05, 4.69) is 10.3 Å². The van der Waals surface area contributed by atoms with Gasteiger partial charge in [-0.05, 0) is 30.2 Å². The molecule has 2 aromatic carbocycles. The van der Waals surface area contributed by atoms with Gasteiger partial charge in [-0.25, -0.2) is 8.78 Å². The molecule has 25 heavy (non-hydrogen) atoms. The summed E-state index contributed by atoms with van der Waals surface area (Å²) in [6.07, 6.45) is 2.03. The molecule has 1 amide bonds. The quantitative estimate of drug-likeness (QED) is 0.573. The van der Waals surface area contributed by atoms with E-state index in [-0.39, 0.29) is 6.42 Å². The van der Waals surface area contributed by atoms with E-state index in [1.165, 1.54) is 0 Å². The third-order valence-electron chi connectivity index (χ3n) is 3.99. The number of para-hydroxylation sites is 1. The van der Waals surface area contributed by atoms with Crippen molar-refractivity contribution in [1.82, 2.24) is 10.3 Å². The Balaban J connectivity index is 1.81. The molecule has 0 radical (unpaired) electrons. The molecule has 7 heteroatoms. The van der Waals surface area contributed by atoms with Crippen LogP contribution in [0, 0.1) is 11.6 Å². The minimum atomic E-state index is -1.33. The molecule has 1 atom stereocenters. The minimum absolute atomic E-state index is 0.272. The molecule has 0 spiro atoms. The molecule has 3 rings (SSSR count). The van der Waals surface area contributed by atoms with Gasteiger partial charge in [0, 0.05) is 17.1 Å². The van der Waals surface area contributed by atoms with Gasteiger partial charge in [0.25, 0.3) is 5.91 Å². The van der Waals surface area contributed by atoms with Crippen LogP contribution in [0.1, 0.15) is 15.9 Å². The Kier molecular flexibility index (Phi) is 4.67. The first-order valence-electron chi connectivity index (χ1n) is 7.65. The van der Waals surface area contributed by atoms with Gasteiger partial charge < -0.3 is 20.5 Å². The number of H-pyrrole nitrogens is 1. The topological polar surface area (TPSA) is 85.4 Å². The number of aromatic hydroxyl groups is 1. The van der Waals surface area contributed by atoms with E-state index in [4.69, 9.17) is 0 Å².